The van der Waals surface area contributed by atoms with Gasteiger partial charge in [0.2, 0.25) is 0 Å². The first-order chi connectivity index (χ1) is 12.5. The normalized spacial score (nSPS) is 12.5. The van der Waals surface area contributed by atoms with Gasteiger partial charge in [0.05, 0.1) is 19.8 Å². The third-order valence-electron chi connectivity index (χ3n) is 4.08. The van der Waals surface area contributed by atoms with Crippen LogP contribution in [-0.2, 0) is 6.54 Å². The minimum atomic E-state index is -0.0924. The number of halogens is 1. The van der Waals surface area contributed by atoms with Gasteiger partial charge in [0, 0.05) is 17.2 Å². The van der Waals surface area contributed by atoms with Gasteiger partial charge >= 0.3 is 0 Å². The van der Waals surface area contributed by atoms with Crippen molar-refractivity contribution < 1.29 is 23.7 Å². The number of methoxy groups -OCH3 is 2. The van der Waals surface area contributed by atoms with Crippen LogP contribution in [0.4, 0.5) is 0 Å². The van der Waals surface area contributed by atoms with E-state index in [1.54, 1.807) is 38.3 Å². The molecule has 0 aliphatic carbocycles. The number of ether oxygens (including phenoxy) is 4. The summed E-state index contributed by atoms with van der Waals surface area (Å²) in [4.78, 5) is 14.6. The summed E-state index contributed by atoms with van der Waals surface area (Å²) in [5, 5.41) is 0. The highest BCUT2D eigenvalue weighted by Crippen LogP contribution is 2.33. The lowest BCUT2D eigenvalue weighted by atomic mass is 10.1. The largest absolute Gasteiger partial charge is 0.493 e. The number of hydrogen-bond donors (Lipinski definition) is 0. The molecule has 0 spiro atoms. The molecular formula is C19H20INO5. The number of fused-ring (bicyclic) bond motifs is 1. The summed E-state index contributed by atoms with van der Waals surface area (Å²) in [6.07, 6.45) is 0. The SMILES string of the molecule is COc1cc(I)c(C(=O)N(C)Cc2ccc3c(c2)OCCO3)cc1OC. The van der Waals surface area contributed by atoms with Crippen molar-refractivity contribution in [3.05, 3.63) is 45.0 Å². The zero-order valence-corrected chi connectivity index (χ0v) is 17.0. The van der Waals surface area contributed by atoms with Gasteiger partial charge in [0.1, 0.15) is 13.2 Å². The highest BCUT2D eigenvalue weighted by atomic mass is 127. The standard InChI is InChI=1S/C19H20INO5/c1-21(11-12-4-5-15-18(8-12)26-7-6-25-15)19(22)13-9-16(23-2)17(24-3)10-14(13)20/h4-5,8-10H,6-7,11H2,1-3H3. The summed E-state index contributed by atoms with van der Waals surface area (Å²) in [5.74, 6) is 2.50. The summed E-state index contributed by atoms with van der Waals surface area (Å²) < 4.78 is 22.5. The maximum absolute atomic E-state index is 12.9. The Morgan fingerprint density at radius 2 is 1.73 bits per heavy atom. The molecule has 0 unspecified atom stereocenters. The second kappa shape index (κ2) is 8.03. The van der Waals surface area contributed by atoms with E-state index >= 15 is 0 Å². The van der Waals surface area contributed by atoms with E-state index in [0.29, 0.717) is 36.8 Å². The number of rotatable bonds is 5. The maximum atomic E-state index is 12.9. The Balaban J connectivity index is 1.80. The topological polar surface area (TPSA) is 57.2 Å². The van der Waals surface area contributed by atoms with Gasteiger partial charge in [-0.1, -0.05) is 6.07 Å². The predicted molar refractivity (Wildman–Crippen MR) is 105 cm³/mol. The Labute approximate surface area is 166 Å². The fraction of sp³-hybridized carbons (Fsp3) is 0.316. The molecule has 1 heterocycles. The first-order valence-electron chi connectivity index (χ1n) is 8.09. The smallest absolute Gasteiger partial charge is 0.255 e. The first-order valence-corrected chi connectivity index (χ1v) is 9.17. The van der Waals surface area contributed by atoms with Crippen molar-refractivity contribution in [1.82, 2.24) is 4.90 Å². The summed E-state index contributed by atoms with van der Waals surface area (Å²) in [6.45, 7) is 1.55. The van der Waals surface area contributed by atoms with Crippen molar-refractivity contribution in [2.24, 2.45) is 0 Å². The quantitative estimate of drug-likeness (QED) is 0.629. The lowest BCUT2D eigenvalue weighted by Gasteiger charge is -2.22. The molecule has 138 valence electrons. The lowest BCUT2D eigenvalue weighted by molar-refractivity contribution is 0.0783. The summed E-state index contributed by atoms with van der Waals surface area (Å²) in [5.41, 5.74) is 1.55. The van der Waals surface area contributed by atoms with Crippen LogP contribution in [0.25, 0.3) is 0 Å². The van der Waals surface area contributed by atoms with E-state index in [0.717, 1.165) is 20.6 Å². The Kier molecular flexibility index (Phi) is 5.75. The predicted octanol–water partition coefficient (Wildman–Crippen LogP) is 3.35. The van der Waals surface area contributed by atoms with Crippen LogP contribution in [0.2, 0.25) is 0 Å². The third-order valence-corrected chi connectivity index (χ3v) is 4.97. The second-order valence-corrected chi connectivity index (χ2v) is 6.99. The Morgan fingerprint density at radius 3 is 2.42 bits per heavy atom. The zero-order valence-electron chi connectivity index (χ0n) is 14.9. The van der Waals surface area contributed by atoms with Crippen molar-refractivity contribution in [3.8, 4) is 23.0 Å². The highest BCUT2D eigenvalue weighted by Gasteiger charge is 2.20. The molecule has 0 N–H and O–H groups in total. The van der Waals surface area contributed by atoms with E-state index in [9.17, 15) is 4.79 Å². The summed E-state index contributed by atoms with van der Waals surface area (Å²) in [7, 11) is 4.90. The first kappa shape index (κ1) is 18.6. The average Bonchev–Trinajstić information content (AvgIpc) is 2.67. The Hall–Kier alpha value is -2.16. The molecule has 26 heavy (non-hydrogen) atoms. The van der Waals surface area contributed by atoms with Gasteiger partial charge in [0.15, 0.2) is 23.0 Å². The van der Waals surface area contributed by atoms with Crippen LogP contribution in [0.3, 0.4) is 0 Å². The molecule has 0 saturated carbocycles. The van der Waals surface area contributed by atoms with E-state index in [1.165, 1.54) is 0 Å². The molecule has 1 aliphatic rings. The average molecular weight is 469 g/mol. The molecule has 7 heteroatoms. The number of benzene rings is 2. The molecule has 0 radical (unpaired) electrons. The van der Waals surface area contributed by atoms with Crippen LogP contribution in [-0.4, -0.2) is 45.3 Å². The maximum Gasteiger partial charge on any atom is 0.255 e. The number of amides is 1. The van der Waals surface area contributed by atoms with E-state index in [-0.39, 0.29) is 5.91 Å². The van der Waals surface area contributed by atoms with Crippen LogP contribution in [0.5, 0.6) is 23.0 Å². The molecule has 0 aromatic heterocycles. The van der Waals surface area contributed by atoms with Crippen LogP contribution >= 0.6 is 22.6 Å². The van der Waals surface area contributed by atoms with E-state index < -0.39 is 0 Å². The van der Waals surface area contributed by atoms with E-state index in [2.05, 4.69) is 22.6 Å². The summed E-state index contributed by atoms with van der Waals surface area (Å²) in [6, 6.07) is 9.24. The van der Waals surface area contributed by atoms with Crippen LogP contribution < -0.4 is 18.9 Å². The van der Waals surface area contributed by atoms with Gasteiger partial charge in [-0.3, -0.25) is 4.79 Å². The van der Waals surface area contributed by atoms with E-state index in [1.807, 2.05) is 18.2 Å². The number of nitrogens with zero attached hydrogens (tertiary/aromatic N) is 1. The number of carbonyl (C=O) groups excluding carboxylic acids is 1. The van der Waals surface area contributed by atoms with Crippen molar-refractivity contribution in [2.75, 3.05) is 34.5 Å². The van der Waals surface area contributed by atoms with Crippen LogP contribution in [0.15, 0.2) is 30.3 Å². The number of hydrogen-bond acceptors (Lipinski definition) is 5. The monoisotopic (exact) mass is 469 g/mol. The third kappa shape index (κ3) is 3.82. The molecule has 1 amide bonds. The lowest BCUT2D eigenvalue weighted by Crippen LogP contribution is -2.27. The number of carbonyl (C=O) groups is 1. The fourth-order valence-electron chi connectivity index (χ4n) is 2.76. The molecule has 3 rings (SSSR count). The van der Waals surface area contributed by atoms with Crippen molar-refractivity contribution in [3.63, 3.8) is 0 Å². The van der Waals surface area contributed by atoms with Gasteiger partial charge in [-0.05, 0) is 52.4 Å². The molecule has 6 nitrogen and oxygen atoms in total. The van der Waals surface area contributed by atoms with Crippen molar-refractivity contribution in [1.29, 1.82) is 0 Å². The minimum absolute atomic E-state index is 0.0924. The molecule has 0 atom stereocenters. The highest BCUT2D eigenvalue weighted by molar-refractivity contribution is 14.1. The fourth-order valence-corrected chi connectivity index (χ4v) is 3.42. The Bertz CT molecular complexity index is 824. The van der Waals surface area contributed by atoms with E-state index in [4.69, 9.17) is 18.9 Å². The molecule has 2 aromatic rings. The minimum Gasteiger partial charge on any atom is -0.493 e. The molecule has 1 aliphatic heterocycles. The Morgan fingerprint density at radius 1 is 1.08 bits per heavy atom. The molecule has 0 saturated heterocycles. The molecule has 2 aromatic carbocycles. The molecule has 0 bridgehead atoms. The summed E-state index contributed by atoms with van der Waals surface area (Å²) >= 11 is 2.13. The van der Waals surface area contributed by atoms with Crippen LogP contribution in [0, 0.1) is 3.57 Å². The molecular weight excluding hydrogens is 449 g/mol. The van der Waals surface area contributed by atoms with Gasteiger partial charge in [0.25, 0.3) is 5.91 Å². The van der Waals surface area contributed by atoms with Gasteiger partial charge in [-0.25, -0.2) is 0 Å². The van der Waals surface area contributed by atoms with Crippen LogP contribution in [0.1, 0.15) is 15.9 Å². The van der Waals surface area contributed by atoms with Crippen molar-refractivity contribution in [2.45, 2.75) is 6.54 Å². The van der Waals surface area contributed by atoms with Gasteiger partial charge < -0.3 is 23.8 Å². The van der Waals surface area contributed by atoms with Crippen molar-refractivity contribution >= 4 is 28.5 Å². The van der Waals surface area contributed by atoms with Gasteiger partial charge in [-0.2, -0.15) is 0 Å². The zero-order chi connectivity index (χ0) is 18.7. The van der Waals surface area contributed by atoms with Gasteiger partial charge in [-0.15, -0.1) is 0 Å². The second-order valence-electron chi connectivity index (χ2n) is 5.83. The molecule has 0 fully saturated rings.